The maximum atomic E-state index is 13.2. The number of hydrogen-bond donors (Lipinski definition) is 1. The second-order valence-electron chi connectivity index (χ2n) is 5.11. The van der Waals surface area contributed by atoms with Crippen LogP contribution in [0.25, 0.3) is 0 Å². The first-order valence-electron chi connectivity index (χ1n) is 6.92. The van der Waals surface area contributed by atoms with Crippen LogP contribution in [0, 0.1) is 5.82 Å². The van der Waals surface area contributed by atoms with Gasteiger partial charge in [0.2, 0.25) is 0 Å². The van der Waals surface area contributed by atoms with Gasteiger partial charge < -0.3 is 10.5 Å². The molecule has 2 rings (SSSR count). The molecule has 0 fully saturated rings. The van der Waals surface area contributed by atoms with Crippen LogP contribution in [0.3, 0.4) is 0 Å². The zero-order valence-corrected chi connectivity index (χ0v) is 11.0. The molecular weight excluding hydrogens is 229 g/mol. The lowest BCUT2D eigenvalue weighted by Gasteiger charge is -2.30. The van der Waals surface area contributed by atoms with E-state index in [1.54, 1.807) is 6.07 Å². The fourth-order valence-electron chi connectivity index (χ4n) is 2.53. The number of benzene rings is 1. The summed E-state index contributed by atoms with van der Waals surface area (Å²) in [5, 5.41) is 0. The first kappa shape index (κ1) is 13.3. The number of hydrogen-bond acceptors (Lipinski definition) is 2. The molecule has 2 N–H and O–H groups in total. The van der Waals surface area contributed by atoms with Crippen LogP contribution in [-0.2, 0) is 0 Å². The van der Waals surface area contributed by atoms with Crippen molar-refractivity contribution in [2.24, 2.45) is 5.73 Å². The van der Waals surface area contributed by atoms with Crippen molar-refractivity contribution in [3.8, 4) is 5.75 Å². The van der Waals surface area contributed by atoms with Crippen LogP contribution in [0.1, 0.15) is 57.1 Å². The Balaban J connectivity index is 1.94. The third kappa shape index (κ3) is 3.22. The molecule has 0 amide bonds. The Morgan fingerprint density at radius 2 is 2.17 bits per heavy atom. The third-order valence-electron chi connectivity index (χ3n) is 3.57. The fourth-order valence-corrected chi connectivity index (χ4v) is 2.53. The van der Waals surface area contributed by atoms with E-state index in [0.29, 0.717) is 5.75 Å². The lowest BCUT2D eigenvalue weighted by atomic mass is 9.94. The van der Waals surface area contributed by atoms with E-state index in [-0.39, 0.29) is 18.0 Å². The number of fused-ring (bicyclic) bond motifs is 1. The Labute approximate surface area is 108 Å². The summed E-state index contributed by atoms with van der Waals surface area (Å²) in [6.07, 6.45) is 6.90. The lowest BCUT2D eigenvalue weighted by molar-refractivity contribution is 0.146. The molecule has 2 atom stereocenters. The van der Waals surface area contributed by atoms with Gasteiger partial charge in [0.15, 0.2) is 0 Å². The van der Waals surface area contributed by atoms with Gasteiger partial charge in [0.1, 0.15) is 17.7 Å². The van der Waals surface area contributed by atoms with Gasteiger partial charge in [-0.3, -0.25) is 0 Å². The molecule has 0 radical (unpaired) electrons. The Hall–Kier alpha value is -1.09. The van der Waals surface area contributed by atoms with Crippen LogP contribution in [0.5, 0.6) is 5.75 Å². The van der Waals surface area contributed by atoms with Gasteiger partial charge in [0.05, 0.1) is 0 Å². The minimum absolute atomic E-state index is 0.0227. The Kier molecular flexibility index (Phi) is 4.59. The van der Waals surface area contributed by atoms with Gasteiger partial charge in [0, 0.05) is 24.1 Å². The molecule has 0 aromatic heterocycles. The number of nitrogens with two attached hydrogens (primary N) is 1. The highest BCUT2D eigenvalue weighted by Gasteiger charge is 2.25. The van der Waals surface area contributed by atoms with Crippen molar-refractivity contribution in [2.45, 2.75) is 57.6 Å². The molecule has 2 unspecified atom stereocenters. The SMILES string of the molecule is CCCCCCC1CC(N)c2ccc(F)cc2O1. The van der Waals surface area contributed by atoms with E-state index >= 15 is 0 Å². The number of ether oxygens (including phenoxy) is 1. The van der Waals surface area contributed by atoms with Crippen molar-refractivity contribution >= 4 is 0 Å². The minimum Gasteiger partial charge on any atom is -0.490 e. The van der Waals surface area contributed by atoms with Crippen LogP contribution in [0.15, 0.2) is 18.2 Å². The molecule has 0 saturated heterocycles. The Morgan fingerprint density at radius 1 is 1.33 bits per heavy atom. The monoisotopic (exact) mass is 251 g/mol. The van der Waals surface area contributed by atoms with E-state index in [2.05, 4.69) is 6.92 Å². The molecule has 2 nitrogen and oxygen atoms in total. The highest BCUT2D eigenvalue weighted by atomic mass is 19.1. The number of unbranched alkanes of at least 4 members (excludes halogenated alkanes) is 3. The maximum Gasteiger partial charge on any atom is 0.127 e. The van der Waals surface area contributed by atoms with E-state index in [1.165, 1.54) is 31.4 Å². The van der Waals surface area contributed by atoms with Crippen LogP contribution in [0.4, 0.5) is 4.39 Å². The predicted octanol–water partition coefficient (Wildman–Crippen LogP) is 3.95. The molecule has 1 aromatic rings. The van der Waals surface area contributed by atoms with Crippen molar-refractivity contribution in [1.82, 2.24) is 0 Å². The van der Waals surface area contributed by atoms with Crippen LogP contribution >= 0.6 is 0 Å². The topological polar surface area (TPSA) is 35.2 Å². The molecule has 1 heterocycles. The summed E-state index contributed by atoms with van der Waals surface area (Å²) < 4.78 is 19.0. The molecule has 0 bridgehead atoms. The van der Waals surface area contributed by atoms with Gasteiger partial charge in [-0.1, -0.05) is 32.3 Å². The summed E-state index contributed by atoms with van der Waals surface area (Å²) >= 11 is 0. The molecule has 3 heteroatoms. The molecule has 1 aliphatic rings. The zero-order chi connectivity index (χ0) is 13.0. The Bertz CT molecular complexity index is 394. The van der Waals surface area contributed by atoms with E-state index in [0.717, 1.165) is 24.8 Å². The van der Waals surface area contributed by atoms with Gasteiger partial charge in [-0.25, -0.2) is 4.39 Å². The van der Waals surface area contributed by atoms with E-state index < -0.39 is 0 Å². The molecule has 0 aliphatic carbocycles. The second-order valence-corrected chi connectivity index (χ2v) is 5.11. The first-order chi connectivity index (χ1) is 8.70. The molecule has 1 aromatic carbocycles. The smallest absolute Gasteiger partial charge is 0.127 e. The van der Waals surface area contributed by atoms with Crippen molar-refractivity contribution in [1.29, 1.82) is 0 Å². The average molecular weight is 251 g/mol. The van der Waals surface area contributed by atoms with Gasteiger partial charge in [-0.15, -0.1) is 0 Å². The quantitative estimate of drug-likeness (QED) is 0.804. The van der Waals surface area contributed by atoms with Crippen LogP contribution in [-0.4, -0.2) is 6.10 Å². The zero-order valence-electron chi connectivity index (χ0n) is 11.0. The third-order valence-corrected chi connectivity index (χ3v) is 3.57. The number of rotatable bonds is 5. The lowest BCUT2D eigenvalue weighted by Crippen LogP contribution is -2.29. The van der Waals surface area contributed by atoms with Crippen LogP contribution in [0.2, 0.25) is 0 Å². The molecule has 100 valence electrons. The highest BCUT2D eigenvalue weighted by Crippen LogP contribution is 2.35. The molecular formula is C15H22FNO. The highest BCUT2D eigenvalue weighted by molar-refractivity contribution is 5.38. The Morgan fingerprint density at radius 3 is 2.94 bits per heavy atom. The molecule has 18 heavy (non-hydrogen) atoms. The average Bonchev–Trinajstić information content (AvgIpc) is 2.34. The summed E-state index contributed by atoms with van der Waals surface area (Å²) in [5.74, 6) is 0.377. The maximum absolute atomic E-state index is 13.2. The molecule has 0 saturated carbocycles. The number of halogens is 1. The largest absolute Gasteiger partial charge is 0.490 e. The van der Waals surface area contributed by atoms with Gasteiger partial charge in [-0.2, -0.15) is 0 Å². The summed E-state index contributed by atoms with van der Waals surface area (Å²) in [7, 11) is 0. The van der Waals surface area contributed by atoms with Crippen molar-refractivity contribution in [3.05, 3.63) is 29.6 Å². The normalized spacial score (nSPS) is 22.4. The predicted molar refractivity (Wildman–Crippen MR) is 71.1 cm³/mol. The van der Waals surface area contributed by atoms with E-state index in [1.807, 2.05) is 0 Å². The van der Waals surface area contributed by atoms with E-state index in [4.69, 9.17) is 10.5 Å². The fraction of sp³-hybridized carbons (Fsp3) is 0.600. The van der Waals surface area contributed by atoms with E-state index in [9.17, 15) is 4.39 Å². The second kappa shape index (κ2) is 6.19. The summed E-state index contributed by atoms with van der Waals surface area (Å²) in [6, 6.07) is 4.62. The summed E-state index contributed by atoms with van der Waals surface area (Å²) in [6.45, 7) is 2.20. The van der Waals surface area contributed by atoms with Gasteiger partial charge in [-0.05, 0) is 18.9 Å². The summed E-state index contributed by atoms with van der Waals surface area (Å²) in [5.41, 5.74) is 7.05. The standard InChI is InChI=1S/C15H22FNO/c1-2-3-4-5-6-12-10-14(17)13-8-7-11(16)9-15(13)18-12/h7-9,12,14H,2-6,10,17H2,1H3. The van der Waals surface area contributed by atoms with Gasteiger partial charge in [0.25, 0.3) is 0 Å². The van der Waals surface area contributed by atoms with Crippen LogP contribution < -0.4 is 10.5 Å². The molecule has 0 spiro atoms. The van der Waals surface area contributed by atoms with Crippen molar-refractivity contribution < 1.29 is 9.13 Å². The minimum atomic E-state index is -0.257. The van der Waals surface area contributed by atoms with Gasteiger partial charge >= 0.3 is 0 Å². The summed E-state index contributed by atoms with van der Waals surface area (Å²) in [4.78, 5) is 0. The van der Waals surface area contributed by atoms with Crippen molar-refractivity contribution in [2.75, 3.05) is 0 Å². The van der Waals surface area contributed by atoms with Crippen molar-refractivity contribution in [3.63, 3.8) is 0 Å². The molecule has 1 aliphatic heterocycles. The first-order valence-corrected chi connectivity index (χ1v) is 6.92.